The number of methoxy groups -OCH3 is 1. The summed E-state index contributed by atoms with van der Waals surface area (Å²) in [6, 6.07) is 13.8. The van der Waals surface area contributed by atoms with Crippen molar-refractivity contribution in [1.82, 2.24) is 4.98 Å². The van der Waals surface area contributed by atoms with E-state index in [1.807, 2.05) is 49.4 Å². The number of carbonyl (C=O) groups is 1. The number of H-pyrrole nitrogens is 1. The van der Waals surface area contributed by atoms with Crippen LogP contribution in [0.15, 0.2) is 42.5 Å². The van der Waals surface area contributed by atoms with E-state index in [1.54, 1.807) is 7.11 Å². The van der Waals surface area contributed by atoms with Crippen molar-refractivity contribution in [2.24, 2.45) is 0 Å². The average molecular weight is 379 g/mol. The lowest BCUT2D eigenvalue weighted by Crippen LogP contribution is -2.36. The summed E-state index contributed by atoms with van der Waals surface area (Å²) in [5, 5.41) is 4.12. The van der Waals surface area contributed by atoms with E-state index in [0.29, 0.717) is 19.6 Å². The van der Waals surface area contributed by atoms with Crippen LogP contribution >= 0.6 is 0 Å². The minimum absolute atomic E-state index is 0.0347. The lowest BCUT2D eigenvalue weighted by Gasteiger charge is -2.30. The zero-order valence-corrected chi connectivity index (χ0v) is 16.2. The van der Waals surface area contributed by atoms with Gasteiger partial charge in [0.25, 0.3) is 0 Å². The van der Waals surface area contributed by atoms with Crippen molar-refractivity contribution in [1.29, 1.82) is 0 Å². The highest BCUT2D eigenvalue weighted by Gasteiger charge is 2.17. The van der Waals surface area contributed by atoms with E-state index in [1.165, 1.54) is 0 Å². The number of nitrogens with zero attached hydrogens (tertiary/aromatic N) is 1. The van der Waals surface area contributed by atoms with Gasteiger partial charge >= 0.3 is 0 Å². The van der Waals surface area contributed by atoms with E-state index in [2.05, 4.69) is 15.2 Å². The van der Waals surface area contributed by atoms with E-state index in [-0.39, 0.29) is 5.91 Å². The van der Waals surface area contributed by atoms with Crippen LogP contribution in [-0.2, 0) is 16.0 Å². The molecular weight excluding hydrogens is 354 g/mol. The second-order valence-electron chi connectivity index (χ2n) is 6.98. The van der Waals surface area contributed by atoms with Crippen molar-refractivity contribution < 1.29 is 14.3 Å². The van der Waals surface area contributed by atoms with Crippen LogP contribution in [-0.4, -0.2) is 44.3 Å². The highest BCUT2D eigenvalue weighted by atomic mass is 16.5. The standard InChI is InChI=1S/C22H25N3O3/c1-15-17(18-13-16(27-2)7-8-19(18)23-15)14-22(26)24-20-5-3-4-6-21(20)25-9-11-28-12-10-25/h3-8,13,23H,9-12,14H2,1-2H3,(H,24,26). The molecule has 0 radical (unpaired) electrons. The van der Waals surface area contributed by atoms with E-state index in [4.69, 9.17) is 9.47 Å². The SMILES string of the molecule is COc1ccc2[nH]c(C)c(CC(=O)Nc3ccccc3N3CCOCC3)c2c1. The Bertz CT molecular complexity index is 990. The van der Waals surface area contributed by atoms with Gasteiger partial charge in [-0.05, 0) is 42.8 Å². The van der Waals surface area contributed by atoms with Gasteiger partial charge in [0.2, 0.25) is 5.91 Å². The largest absolute Gasteiger partial charge is 0.497 e. The quantitative estimate of drug-likeness (QED) is 0.712. The number of aromatic nitrogens is 1. The number of aryl methyl sites for hydroxylation is 1. The number of benzene rings is 2. The molecule has 1 amide bonds. The Balaban J connectivity index is 1.56. The maximum Gasteiger partial charge on any atom is 0.228 e. The monoisotopic (exact) mass is 379 g/mol. The summed E-state index contributed by atoms with van der Waals surface area (Å²) >= 11 is 0. The Morgan fingerprint density at radius 3 is 2.79 bits per heavy atom. The van der Waals surface area contributed by atoms with Gasteiger partial charge in [0.1, 0.15) is 5.75 Å². The van der Waals surface area contributed by atoms with Crippen LogP contribution in [0.1, 0.15) is 11.3 Å². The molecule has 4 rings (SSSR count). The predicted octanol–water partition coefficient (Wildman–Crippen LogP) is 3.50. The molecule has 1 aliphatic heterocycles. The molecule has 0 saturated carbocycles. The summed E-state index contributed by atoms with van der Waals surface area (Å²) in [6.45, 7) is 5.07. The number of ether oxygens (including phenoxy) is 2. The molecule has 1 aromatic heterocycles. The molecule has 2 N–H and O–H groups in total. The van der Waals surface area contributed by atoms with Crippen molar-refractivity contribution in [2.45, 2.75) is 13.3 Å². The molecule has 1 fully saturated rings. The van der Waals surface area contributed by atoms with E-state index in [9.17, 15) is 4.79 Å². The lowest BCUT2D eigenvalue weighted by molar-refractivity contribution is -0.115. The number of carbonyl (C=O) groups excluding carboxylic acids is 1. The molecule has 0 atom stereocenters. The molecule has 146 valence electrons. The number of hydrogen-bond acceptors (Lipinski definition) is 4. The fourth-order valence-electron chi connectivity index (χ4n) is 3.73. The molecule has 0 spiro atoms. The number of amides is 1. The first kappa shape index (κ1) is 18.4. The zero-order chi connectivity index (χ0) is 19.5. The first-order valence-electron chi connectivity index (χ1n) is 9.52. The van der Waals surface area contributed by atoms with Crippen molar-refractivity contribution in [2.75, 3.05) is 43.6 Å². The number of morpholine rings is 1. The molecular formula is C22H25N3O3. The molecule has 0 bridgehead atoms. The Labute approximate surface area is 164 Å². The Morgan fingerprint density at radius 1 is 1.21 bits per heavy atom. The van der Waals surface area contributed by atoms with Gasteiger partial charge in [0, 0.05) is 29.7 Å². The highest BCUT2D eigenvalue weighted by molar-refractivity contribution is 5.98. The summed E-state index contributed by atoms with van der Waals surface area (Å²) in [5.74, 6) is 0.748. The topological polar surface area (TPSA) is 66.6 Å². The highest BCUT2D eigenvalue weighted by Crippen LogP contribution is 2.29. The molecule has 2 heterocycles. The first-order valence-corrected chi connectivity index (χ1v) is 9.52. The molecule has 0 aliphatic carbocycles. The second-order valence-corrected chi connectivity index (χ2v) is 6.98. The number of hydrogen-bond donors (Lipinski definition) is 2. The second kappa shape index (κ2) is 7.94. The summed E-state index contributed by atoms with van der Waals surface area (Å²) in [7, 11) is 1.65. The third-order valence-electron chi connectivity index (χ3n) is 5.19. The fraction of sp³-hybridized carbons (Fsp3) is 0.318. The molecule has 28 heavy (non-hydrogen) atoms. The smallest absolute Gasteiger partial charge is 0.228 e. The van der Waals surface area contributed by atoms with Crippen LogP contribution in [0, 0.1) is 6.92 Å². The molecule has 0 unspecified atom stereocenters. The summed E-state index contributed by atoms with van der Waals surface area (Å²) in [4.78, 5) is 18.5. The van der Waals surface area contributed by atoms with Gasteiger partial charge in [-0.2, -0.15) is 0 Å². The van der Waals surface area contributed by atoms with Gasteiger partial charge in [-0.25, -0.2) is 0 Å². The average Bonchev–Trinajstić information content (AvgIpc) is 3.03. The molecule has 1 aliphatic rings. The number of nitrogens with one attached hydrogen (secondary N) is 2. The van der Waals surface area contributed by atoms with Crippen LogP contribution in [0.5, 0.6) is 5.75 Å². The number of rotatable bonds is 5. The number of fused-ring (bicyclic) bond motifs is 1. The van der Waals surface area contributed by atoms with E-state index < -0.39 is 0 Å². The van der Waals surface area contributed by atoms with Gasteiger partial charge in [-0.1, -0.05) is 12.1 Å². The van der Waals surface area contributed by atoms with Crippen LogP contribution in [0.3, 0.4) is 0 Å². The van der Waals surface area contributed by atoms with Gasteiger partial charge in [-0.15, -0.1) is 0 Å². The van der Waals surface area contributed by atoms with Crippen LogP contribution in [0.25, 0.3) is 10.9 Å². The number of para-hydroxylation sites is 2. The molecule has 3 aromatic rings. The maximum atomic E-state index is 12.9. The van der Waals surface area contributed by atoms with Gasteiger partial charge in [-0.3, -0.25) is 4.79 Å². The third-order valence-corrected chi connectivity index (χ3v) is 5.19. The Kier molecular flexibility index (Phi) is 5.21. The lowest BCUT2D eigenvalue weighted by atomic mass is 10.1. The van der Waals surface area contributed by atoms with Gasteiger partial charge in [0.15, 0.2) is 0 Å². The fourth-order valence-corrected chi connectivity index (χ4v) is 3.73. The van der Waals surface area contributed by atoms with Gasteiger partial charge < -0.3 is 24.7 Å². The first-order chi connectivity index (χ1) is 13.7. The minimum Gasteiger partial charge on any atom is -0.497 e. The normalized spacial score (nSPS) is 14.3. The minimum atomic E-state index is -0.0347. The molecule has 1 saturated heterocycles. The third kappa shape index (κ3) is 3.68. The van der Waals surface area contributed by atoms with Crippen LogP contribution < -0.4 is 15.0 Å². The molecule has 6 nitrogen and oxygen atoms in total. The van der Waals surface area contributed by atoms with Crippen LogP contribution in [0.2, 0.25) is 0 Å². The van der Waals surface area contributed by atoms with Crippen LogP contribution in [0.4, 0.5) is 11.4 Å². The summed E-state index contributed by atoms with van der Waals surface area (Å²) in [5.41, 5.74) is 4.88. The molecule has 2 aromatic carbocycles. The number of aromatic amines is 1. The number of anilines is 2. The molecule has 6 heteroatoms. The zero-order valence-electron chi connectivity index (χ0n) is 16.2. The van der Waals surface area contributed by atoms with E-state index >= 15 is 0 Å². The van der Waals surface area contributed by atoms with Crippen molar-refractivity contribution in [3.63, 3.8) is 0 Å². The maximum absolute atomic E-state index is 12.9. The van der Waals surface area contributed by atoms with Crippen molar-refractivity contribution >= 4 is 28.2 Å². The summed E-state index contributed by atoms with van der Waals surface area (Å²) < 4.78 is 10.8. The Morgan fingerprint density at radius 2 is 2.00 bits per heavy atom. The van der Waals surface area contributed by atoms with E-state index in [0.717, 1.165) is 52.4 Å². The van der Waals surface area contributed by atoms with Crippen molar-refractivity contribution in [3.8, 4) is 5.75 Å². The summed E-state index contributed by atoms with van der Waals surface area (Å²) in [6.07, 6.45) is 0.302. The predicted molar refractivity (Wildman–Crippen MR) is 111 cm³/mol. The van der Waals surface area contributed by atoms with Gasteiger partial charge in [0.05, 0.1) is 38.1 Å². The van der Waals surface area contributed by atoms with Crippen molar-refractivity contribution in [3.05, 3.63) is 53.7 Å². The Hall–Kier alpha value is -2.99.